The molecule has 0 saturated carbocycles. The van der Waals surface area contributed by atoms with Crippen LogP contribution in [0.1, 0.15) is 11.3 Å². The lowest BCUT2D eigenvalue weighted by Gasteiger charge is -2.27. The van der Waals surface area contributed by atoms with Crippen molar-refractivity contribution in [2.45, 2.75) is 6.92 Å². The summed E-state index contributed by atoms with van der Waals surface area (Å²) in [5.41, 5.74) is 3.74. The van der Waals surface area contributed by atoms with Gasteiger partial charge in [-0.3, -0.25) is 4.99 Å². The second kappa shape index (κ2) is 7.07. The van der Waals surface area contributed by atoms with Crippen LogP contribution in [0.5, 0.6) is 11.5 Å². The van der Waals surface area contributed by atoms with E-state index in [4.69, 9.17) is 16.3 Å². The van der Waals surface area contributed by atoms with E-state index in [-0.39, 0.29) is 12.0 Å². The lowest BCUT2D eigenvalue weighted by molar-refractivity contribution is 0.472. The predicted molar refractivity (Wildman–Crippen MR) is 114 cm³/mol. The fourth-order valence-corrected chi connectivity index (χ4v) is 3.58. The molecule has 1 aliphatic rings. The molecule has 150 valence electrons. The van der Waals surface area contributed by atoms with Crippen molar-refractivity contribution >= 4 is 40.2 Å². The van der Waals surface area contributed by atoms with Gasteiger partial charge in [0.2, 0.25) is 5.28 Å². The fraction of sp³-hybridized carbons (Fsp3) is 0.143. The Morgan fingerprint density at radius 2 is 2.00 bits per heavy atom. The van der Waals surface area contributed by atoms with Gasteiger partial charge in [-0.15, -0.1) is 0 Å². The Morgan fingerprint density at radius 3 is 2.87 bits per heavy atom. The number of imidazole rings is 1. The zero-order valence-corrected chi connectivity index (χ0v) is 16.9. The number of halogens is 2. The van der Waals surface area contributed by atoms with Crippen LogP contribution in [0.2, 0.25) is 5.28 Å². The van der Waals surface area contributed by atoms with Gasteiger partial charge in [-0.1, -0.05) is 0 Å². The average molecular weight is 423 g/mol. The molecule has 0 unspecified atom stereocenters. The van der Waals surface area contributed by atoms with Gasteiger partial charge >= 0.3 is 0 Å². The van der Waals surface area contributed by atoms with Gasteiger partial charge in [-0.25, -0.2) is 19.3 Å². The van der Waals surface area contributed by atoms with Crippen LogP contribution in [0.15, 0.2) is 47.8 Å². The van der Waals surface area contributed by atoms with Crippen molar-refractivity contribution < 1.29 is 9.13 Å². The van der Waals surface area contributed by atoms with E-state index in [1.165, 1.54) is 0 Å². The number of aliphatic imine (C=N–C) groups is 1. The van der Waals surface area contributed by atoms with Gasteiger partial charge in [-0.2, -0.15) is 0 Å². The van der Waals surface area contributed by atoms with Crippen molar-refractivity contribution in [3.8, 4) is 11.5 Å². The summed E-state index contributed by atoms with van der Waals surface area (Å²) < 4.78 is 23.2. The maximum Gasteiger partial charge on any atom is 0.223 e. The first-order valence-electron chi connectivity index (χ1n) is 9.19. The van der Waals surface area contributed by atoms with E-state index in [2.05, 4.69) is 19.9 Å². The third-order valence-corrected chi connectivity index (χ3v) is 5.21. The SMILES string of the molecule is Cc1c(Oc2ccc3c(c2)ncn3C)ccc(N2CN=Cc3nc(Cl)ncc32)c1F. The van der Waals surface area contributed by atoms with Crippen LogP contribution in [0.3, 0.4) is 0 Å². The van der Waals surface area contributed by atoms with Crippen molar-refractivity contribution in [3.05, 3.63) is 65.2 Å². The molecule has 0 bridgehead atoms. The molecule has 2 aromatic carbocycles. The van der Waals surface area contributed by atoms with Crippen molar-refractivity contribution in [1.29, 1.82) is 0 Å². The Labute approximate surface area is 176 Å². The lowest BCUT2D eigenvalue weighted by atomic mass is 10.1. The van der Waals surface area contributed by atoms with Gasteiger partial charge in [0, 0.05) is 18.7 Å². The summed E-state index contributed by atoms with van der Waals surface area (Å²) in [5.74, 6) is 0.622. The minimum absolute atomic E-state index is 0.118. The summed E-state index contributed by atoms with van der Waals surface area (Å²) >= 11 is 5.86. The van der Waals surface area contributed by atoms with Crippen LogP contribution in [-0.2, 0) is 7.05 Å². The minimum atomic E-state index is -0.399. The highest BCUT2D eigenvalue weighted by molar-refractivity contribution is 6.28. The molecule has 0 amide bonds. The Morgan fingerprint density at radius 1 is 1.13 bits per heavy atom. The fourth-order valence-electron chi connectivity index (χ4n) is 3.44. The maximum atomic E-state index is 15.3. The molecule has 30 heavy (non-hydrogen) atoms. The van der Waals surface area contributed by atoms with E-state index >= 15 is 4.39 Å². The molecule has 9 heteroatoms. The maximum absolute atomic E-state index is 15.3. The molecular formula is C21H16ClFN6O. The molecule has 0 atom stereocenters. The molecule has 0 N–H and O–H groups in total. The number of hydrogen-bond donors (Lipinski definition) is 0. The molecule has 1 aliphatic heterocycles. The van der Waals surface area contributed by atoms with Crippen LogP contribution in [-0.4, -0.2) is 32.4 Å². The molecule has 2 aromatic heterocycles. The number of ether oxygens (including phenoxy) is 1. The summed E-state index contributed by atoms with van der Waals surface area (Å²) in [7, 11) is 1.93. The quantitative estimate of drug-likeness (QED) is 0.444. The number of hydrogen-bond acceptors (Lipinski definition) is 6. The summed E-state index contributed by atoms with van der Waals surface area (Å²) in [6.07, 6.45) is 4.91. The molecule has 4 aromatic rings. The monoisotopic (exact) mass is 422 g/mol. The highest BCUT2D eigenvalue weighted by Gasteiger charge is 2.23. The van der Waals surface area contributed by atoms with Crippen LogP contribution in [0, 0.1) is 12.7 Å². The normalized spacial score (nSPS) is 13.0. The summed E-state index contributed by atoms with van der Waals surface area (Å²) in [4.78, 5) is 18.5. The van der Waals surface area contributed by atoms with Gasteiger partial charge < -0.3 is 14.2 Å². The molecule has 0 aliphatic carbocycles. The number of aryl methyl sites for hydroxylation is 1. The Kier molecular flexibility index (Phi) is 4.36. The molecule has 0 fully saturated rings. The van der Waals surface area contributed by atoms with Crippen molar-refractivity contribution in [1.82, 2.24) is 19.5 Å². The number of fused-ring (bicyclic) bond motifs is 2. The summed E-state index contributed by atoms with van der Waals surface area (Å²) in [6, 6.07) is 9.00. The first kappa shape index (κ1) is 18.5. The van der Waals surface area contributed by atoms with Crippen LogP contribution in [0.4, 0.5) is 15.8 Å². The van der Waals surface area contributed by atoms with Gasteiger partial charge in [0.25, 0.3) is 0 Å². The first-order chi connectivity index (χ1) is 14.5. The smallest absolute Gasteiger partial charge is 0.223 e. The third kappa shape index (κ3) is 3.05. The minimum Gasteiger partial charge on any atom is -0.457 e. The molecular weight excluding hydrogens is 407 g/mol. The molecule has 0 spiro atoms. The number of aromatic nitrogens is 4. The van der Waals surface area contributed by atoms with Gasteiger partial charge in [0.15, 0.2) is 5.82 Å². The topological polar surface area (TPSA) is 68.4 Å². The molecule has 5 rings (SSSR count). The largest absolute Gasteiger partial charge is 0.457 e. The van der Waals surface area contributed by atoms with E-state index in [0.717, 1.165) is 11.0 Å². The Bertz CT molecular complexity index is 1320. The molecule has 0 saturated heterocycles. The third-order valence-electron chi connectivity index (χ3n) is 5.03. The van der Waals surface area contributed by atoms with E-state index in [9.17, 15) is 0 Å². The lowest BCUT2D eigenvalue weighted by Crippen LogP contribution is -2.24. The zero-order valence-electron chi connectivity index (χ0n) is 16.2. The number of anilines is 2. The van der Waals surface area contributed by atoms with Crippen molar-refractivity contribution in [2.24, 2.45) is 12.0 Å². The standard InChI is InChI=1S/C21H16ClFN6O/c1-12-19(30-13-3-4-16-14(7-13)26-11-28(16)2)6-5-17(20(12)23)29-10-24-8-15-18(29)9-25-21(22)27-15/h3-9,11H,10H2,1-2H3. The predicted octanol–water partition coefficient (Wildman–Crippen LogP) is 4.78. The Balaban J connectivity index is 1.49. The highest BCUT2D eigenvalue weighted by atomic mass is 35.5. The zero-order chi connectivity index (χ0) is 20.8. The molecule has 0 radical (unpaired) electrons. The van der Waals surface area contributed by atoms with E-state index in [1.54, 1.807) is 42.7 Å². The van der Waals surface area contributed by atoms with Crippen LogP contribution in [0.25, 0.3) is 11.0 Å². The van der Waals surface area contributed by atoms with Gasteiger partial charge in [0.05, 0.1) is 41.1 Å². The second-order valence-corrected chi connectivity index (χ2v) is 7.26. The van der Waals surface area contributed by atoms with Gasteiger partial charge in [0.1, 0.15) is 23.9 Å². The number of benzene rings is 2. The van der Waals surface area contributed by atoms with E-state index in [0.29, 0.717) is 34.1 Å². The highest BCUT2D eigenvalue weighted by Crippen LogP contribution is 2.37. The number of nitrogens with zero attached hydrogens (tertiary/aromatic N) is 6. The van der Waals surface area contributed by atoms with Crippen molar-refractivity contribution in [3.63, 3.8) is 0 Å². The summed E-state index contributed by atoms with van der Waals surface area (Å²) in [6.45, 7) is 1.94. The van der Waals surface area contributed by atoms with Crippen LogP contribution < -0.4 is 9.64 Å². The first-order valence-corrected chi connectivity index (χ1v) is 9.57. The van der Waals surface area contributed by atoms with E-state index in [1.807, 2.05) is 29.8 Å². The second-order valence-electron chi connectivity index (χ2n) is 6.92. The number of rotatable bonds is 3. The van der Waals surface area contributed by atoms with E-state index < -0.39 is 5.82 Å². The summed E-state index contributed by atoms with van der Waals surface area (Å²) in [5, 5.41) is 0.118. The molecule has 7 nitrogen and oxygen atoms in total. The van der Waals surface area contributed by atoms with Gasteiger partial charge in [-0.05, 0) is 42.8 Å². The van der Waals surface area contributed by atoms with Crippen molar-refractivity contribution in [2.75, 3.05) is 11.6 Å². The average Bonchev–Trinajstić information content (AvgIpc) is 3.11. The Hall–Kier alpha value is -3.52. The van der Waals surface area contributed by atoms with Crippen LogP contribution >= 0.6 is 11.6 Å². The molecule has 3 heterocycles.